The fourth-order valence-corrected chi connectivity index (χ4v) is 4.10. The summed E-state index contributed by atoms with van der Waals surface area (Å²) in [5.74, 6) is 2.48. The third-order valence-corrected chi connectivity index (χ3v) is 5.86. The molecule has 32 heavy (non-hydrogen) atoms. The van der Waals surface area contributed by atoms with Crippen LogP contribution in [0.3, 0.4) is 0 Å². The Labute approximate surface area is 193 Å². The molecule has 0 bridgehead atoms. The summed E-state index contributed by atoms with van der Waals surface area (Å²) in [7, 11) is 3.33. The molecule has 0 radical (unpaired) electrons. The Morgan fingerprint density at radius 3 is 2.44 bits per heavy atom. The molecule has 0 spiro atoms. The van der Waals surface area contributed by atoms with Crippen molar-refractivity contribution in [3.05, 3.63) is 59.7 Å². The SMILES string of the molecule is CCNC(=NCCCc1ccc(OC)c(OC)c1)NC1CCN(Cc2ccccc2)CC1. The van der Waals surface area contributed by atoms with Gasteiger partial charge in [-0.15, -0.1) is 0 Å². The van der Waals surface area contributed by atoms with Crippen molar-refractivity contribution in [2.45, 2.75) is 45.2 Å². The van der Waals surface area contributed by atoms with E-state index in [9.17, 15) is 0 Å². The van der Waals surface area contributed by atoms with Crippen molar-refractivity contribution in [1.82, 2.24) is 15.5 Å². The van der Waals surface area contributed by atoms with Crippen LogP contribution < -0.4 is 20.1 Å². The van der Waals surface area contributed by atoms with Crippen LogP contribution in [-0.2, 0) is 13.0 Å². The largest absolute Gasteiger partial charge is 0.493 e. The van der Waals surface area contributed by atoms with Crippen molar-refractivity contribution >= 4 is 5.96 Å². The molecule has 0 saturated carbocycles. The summed E-state index contributed by atoms with van der Waals surface area (Å²) in [6, 6.07) is 17.3. The Morgan fingerprint density at radius 1 is 1.00 bits per heavy atom. The number of hydrogen-bond donors (Lipinski definition) is 2. The predicted molar refractivity (Wildman–Crippen MR) is 132 cm³/mol. The van der Waals surface area contributed by atoms with Crippen LogP contribution in [-0.4, -0.2) is 57.3 Å². The van der Waals surface area contributed by atoms with E-state index in [0.29, 0.717) is 6.04 Å². The highest BCUT2D eigenvalue weighted by molar-refractivity contribution is 5.80. The second kappa shape index (κ2) is 13.0. The number of aliphatic imine (C=N–C) groups is 1. The lowest BCUT2D eigenvalue weighted by atomic mass is 10.0. The van der Waals surface area contributed by atoms with Gasteiger partial charge in [0.2, 0.25) is 0 Å². The average Bonchev–Trinajstić information content (AvgIpc) is 2.83. The summed E-state index contributed by atoms with van der Waals surface area (Å²) in [5, 5.41) is 7.05. The van der Waals surface area contributed by atoms with Gasteiger partial charge in [-0.1, -0.05) is 36.4 Å². The number of piperidine rings is 1. The molecule has 0 atom stereocenters. The van der Waals surface area contributed by atoms with Crippen molar-refractivity contribution in [2.75, 3.05) is 40.4 Å². The minimum Gasteiger partial charge on any atom is -0.493 e. The standard InChI is InChI=1S/C26H38N4O2/c1-4-27-26(28-16-8-11-21-12-13-24(31-2)25(19-21)32-3)29-23-14-17-30(18-15-23)20-22-9-6-5-7-10-22/h5-7,9-10,12-13,19,23H,4,8,11,14-18,20H2,1-3H3,(H2,27,28,29). The number of guanidine groups is 1. The van der Waals surface area contributed by atoms with E-state index in [-0.39, 0.29) is 0 Å². The van der Waals surface area contributed by atoms with Gasteiger partial charge in [0.05, 0.1) is 14.2 Å². The summed E-state index contributed by atoms with van der Waals surface area (Å²) in [4.78, 5) is 7.35. The maximum Gasteiger partial charge on any atom is 0.191 e. The van der Waals surface area contributed by atoms with E-state index in [1.807, 2.05) is 6.07 Å². The molecule has 1 saturated heterocycles. The summed E-state index contributed by atoms with van der Waals surface area (Å²) in [6.07, 6.45) is 4.23. The molecule has 174 valence electrons. The number of hydrogen-bond acceptors (Lipinski definition) is 4. The maximum atomic E-state index is 5.40. The normalized spacial score (nSPS) is 15.4. The van der Waals surface area contributed by atoms with E-state index in [4.69, 9.17) is 14.5 Å². The molecule has 6 nitrogen and oxygen atoms in total. The maximum absolute atomic E-state index is 5.40. The lowest BCUT2D eigenvalue weighted by Gasteiger charge is -2.33. The number of benzene rings is 2. The minimum absolute atomic E-state index is 0.477. The molecule has 0 aliphatic carbocycles. The smallest absolute Gasteiger partial charge is 0.191 e. The Morgan fingerprint density at radius 2 is 1.75 bits per heavy atom. The van der Waals surface area contributed by atoms with Gasteiger partial charge in [-0.3, -0.25) is 9.89 Å². The summed E-state index contributed by atoms with van der Waals surface area (Å²) in [6.45, 7) is 7.04. The molecule has 1 aliphatic heterocycles. The van der Waals surface area contributed by atoms with Crippen LogP contribution in [0.1, 0.15) is 37.3 Å². The molecule has 0 aromatic heterocycles. The first-order valence-electron chi connectivity index (χ1n) is 11.7. The van der Waals surface area contributed by atoms with Gasteiger partial charge < -0.3 is 20.1 Å². The second-order valence-electron chi connectivity index (χ2n) is 8.23. The first kappa shape index (κ1) is 23.9. The van der Waals surface area contributed by atoms with E-state index in [2.05, 4.69) is 64.9 Å². The lowest BCUT2D eigenvalue weighted by molar-refractivity contribution is 0.198. The number of ether oxygens (including phenoxy) is 2. The predicted octanol–water partition coefficient (Wildman–Crippen LogP) is 3.86. The van der Waals surface area contributed by atoms with Crippen LogP contribution in [0.4, 0.5) is 0 Å². The highest BCUT2D eigenvalue weighted by Crippen LogP contribution is 2.27. The fraction of sp³-hybridized carbons (Fsp3) is 0.500. The second-order valence-corrected chi connectivity index (χ2v) is 8.23. The Kier molecular flexibility index (Phi) is 9.69. The Bertz CT molecular complexity index is 833. The molecule has 2 aromatic rings. The van der Waals surface area contributed by atoms with Crippen molar-refractivity contribution in [3.63, 3.8) is 0 Å². The zero-order valence-corrected chi connectivity index (χ0v) is 19.8. The van der Waals surface area contributed by atoms with Crippen molar-refractivity contribution < 1.29 is 9.47 Å². The van der Waals surface area contributed by atoms with Crippen molar-refractivity contribution in [1.29, 1.82) is 0 Å². The third kappa shape index (κ3) is 7.45. The molecule has 2 aromatic carbocycles. The molecule has 1 heterocycles. The highest BCUT2D eigenvalue weighted by atomic mass is 16.5. The van der Waals surface area contributed by atoms with Crippen molar-refractivity contribution in [2.24, 2.45) is 4.99 Å². The van der Waals surface area contributed by atoms with Crippen LogP contribution in [0.25, 0.3) is 0 Å². The quantitative estimate of drug-likeness (QED) is 0.335. The topological polar surface area (TPSA) is 58.1 Å². The molecule has 0 amide bonds. The first-order chi connectivity index (χ1) is 15.7. The zero-order chi connectivity index (χ0) is 22.6. The van der Waals surface area contributed by atoms with Crippen LogP contribution in [0.15, 0.2) is 53.5 Å². The van der Waals surface area contributed by atoms with E-state index < -0.39 is 0 Å². The summed E-state index contributed by atoms with van der Waals surface area (Å²) in [5.41, 5.74) is 2.63. The zero-order valence-electron chi connectivity index (χ0n) is 19.8. The number of likely N-dealkylation sites (tertiary alicyclic amines) is 1. The molecular formula is C26H38N4O2. The van der Waals surface area contributed by atoms with Gasteiger partial charge in [-0.05, 0) is 55.9 Å². The number of rotatable bonds is 10. The molecule has 0 unspecified atom stereocenters. The summed E-state index contributed by atoms with van der Waals surface area (Å²) >= 11 is 0. The monoisotopic (exact) mass is 438 g/mol. The molecule has 2 N–H and O–H groups in total. The van der Waals surface area contributed by atoms with E-state index >= 15 is 0 Å². The minimum atomic E-state index is 0.477. The van der Waals surface area contributed by atoms with Gasteiger partial charge in [-0.2, -0.15) is 0 Å². The summed E-state index contributed by atoms with van der Waals surface area (Å²) < 4.78 is 10.7. The van der Waals surface area contributed by atoms with Gasteiger partial charge >= 0.3 is 0 Å². The highest BCUT2D eigenvalue weighted by Gasteiger charge is 2.20. The van der Waals surface area contributed by atoms with Crippen LogP contribution in [0.5, 0.6) is 11.5 Å². The van der Waals surface area contributed by atoms with E-state index in [1.165, 1.54) is 11.1 Å². The molecule has 6 heteroatoms. The van der Waals surface area contributed by atoms with E-state index in [1.54, 1.807) is 14.2 Å². The van der Waals surface area contributed by atoms with Gasteiger partial charge in [-0.25, -0.2) is 0 Å². The van der Waals surface area contributed by atoms with Gasteiger partial charge in [0.15, 0.2) is 17.5 Å². The molecular weight excluding hydrogens is 400 g/mol. The number of nitrogens with zero attached hydrogens (tertiary/aromatic N) is 2. The van der Waals surface area contributed by atoms with Crippen LogP contribution in [0, 0.1) is 0 Å². The van der Waals surface area contributed by atoms with Crippen LogP contribution in [0.2, 0.25) is 0 Å². The number of methoxy groups -OCH3 is 2. The fourth-order valence-electron chi connectivity index (χ4n) is 4.10. The Hall–Kier alpha value is -2.73. The van der Waals surface area contributed by atoms with Crippen LogP contribution >= 0.6 is 0 Å². The van der Waals surface area contributed by atoms with E-state index in [0.717, 1.165) is 75.9 Å². The molecule has 1 fully saturated rings. The van der Waals surface area contributed by atoms with Gasteiger partial charge in [0, 0.05) is 38.8 Å². The van der Waals surface area contributed by atoms with Crippen molar-refractivity contribution in [3.8, 4) is 11.5 Å². The Balaban J connectivity index is 1.43. The number of nitrogens with one attached hydrogen (secondary N) is 2. The molecule has 3 rings (SSSR count). The lowest BCUT2D eigenvalue weighted by Crippen LogP contribution is -2.48. The van der Waals surface area contributed by atoms with Gasteiger partial charge in [0.25, 0.3) is 0 Å². The number of aryl methyl sites for hydroxylation is 1. The third-order valence-electron chi connectivity index (χ3n) is 5.86. The average molecular weight is 439 g/mol. The molecule has 1 aliphatic rings. The van der Waals surface area contributed by atoms with Gasteiger partial charge in [0.1, 0.15) is 0 Å². The first-order valence-corrected chi connectivity index (χ1v) is 11.7.